The van der Waals surface area contributed by atoms with E-state index >= 15 is 0 Å². The highest BCUT2D eigenvalue weighted by Gasteiger charge is 2.49. The molecular formula is C17H23NO4. The fourth-order valence-electron chi connectivity index (χ4n) is 2.89. The number of hydrogen-bond acceptors (Lipinski definition) is 4. The highest BCUT2D eigenvalue weighted by Crippen LogP contribution is 2.37. The zero-order valence-corrected chi connectivity index (χ0v) is 13.4. The van der Waals surface area contributed by atoms with Crippen LogP contribution in [0.4, 0.5) is 0 Å². The maximum Gasteiger partial charge on any atom is 0.227 e. The molecule has 0 bridgehead atoms. The van der Waals surface area contributed by atoms with E-state index in [4.69, 9.17) is 14.2 Å². The lowest BCUT2D eigenvalue weighted by atomic mass is 9.80. The van der Waals surface area contributed by atoms with Gasteiger partial charge in [-0.25, -0.2) is 0 Å². The quantitative estimate of drug-likeness (QED) is 0.855. The number of amides is 1. The van der Waals surface area contributed by atoms with Crippen molar-refractivity contribution < 1.29 is 19.0 Å². The molecule has 1 amide bonds. The number of methoxy groups -OCH3 is 1. The first-order valence-electron chi connectivity index (χ1n) is 7.60. The molecule has 2 fully saturated rings. The van der Waals surface area contributed by atoms with Crippen LogP contribution < -0.4 is 4.74 Å². The van der Waals surface area contributed by atoms with Crippen LogP contribution in [0.3, 0.4) is 0 Å². The summed E-state index contributed by atoms with van der Waals surface area (Å²) in [6, 6.07) is 7.62. The highest BCUT2D eigenvalue weighted by molar-refractivity contribution is 5.79. The van der Waals surface area contributed by atoms with Crippen molar-refractivity contribution in [2.24, 2.45) is 5.41 Å². The lowest BCUT2D eigenvalue weighted by molar-refractivity contribution is -0.302. The molecular weight excluding hydrogens is 282 g/mol. The monoisotopic (exact) mass is 305 g/mol. The van der Waals surface area contributed by atoms with Gasteiger partial charge in [0.2, 0.25) is 5.91 Å². The summed E-state index contributed by atoms with van der Waals surface area (Å²) in [4.78, 5) is 14.2. The van der Waals surface area contributed by atoms with Crippen molar-refractivity contribution in [1.29, 1.82) is 0 Å². The first-order valence-corrected chi connectivity index (χ1v) is 7.60. The van der Waals surface area contributed by atoms with Crippen molar-refractivity contribution in [3.63, 3.8) is 0 Å². The summed E-state index contributed by atoms with van der Waals surface area (Å²) in [5.41, 5.74) is 0.995. The predicted octanol–water partition coefficient (Wildman–Crippen LogP) is 1.85. The van der Waals surface area contributed by atoms with Gasteiger partial charge >= 0.3 is 0 Å². The van der Waals surface area contributed by atoms with Crippen molar-refractivity contribution in [2.45, 2.75) is 26.1 Å². The van der Waals surface area contributed by atoms with Gasteiger partial charge in [0.25, 0.3) is 0 Å². The minimum Gasteiger partial charge on any atom is -0.497 e. The average molecular weight is 305 g/mol. The number of carbonyl (C=O) groups is 1. The normalized spacial score (nSPS) is 22.2. The van der Waals surface area contributed by atoms with Crippen LogP contribution in [0.5, 0.6) is 5.75 Å². The molecule has 120 valence electrons. The molecule has 2 saturated heterocycles. The summed E-state index contributed by atoms with van der Waals surface area (Å²) in [6.07, 6.45) is 0.424. The van der Waals surface area contributed by atoms with Crippen molar-refractivity contribution in [2.75, 3.05) is 33.4 Å². The molecule has 1 aromatic carbocycles. The van der Waals surface area contributed by atoms with E-state index in [0.717, 1.165) is 24.4 Å². The van der Waals surface area contributed by atoms with Crippen molar-refractivity contribution in [3.05, 3.63) is 29.8 Å². The summed E-state index contributed by atoms with van der Waals surface area (Å²) >= 11 is 0. The van der Waals surface area contributed by atoms with Crippen molar-refractivity contribution in [3.8, 4) is 5.75 Å². The van der Waals surface area contributed by atoms with Crippen LogP contribution in [0, 0.1) is 5.41 Å². The van der Waals surface area contributed by atoms with Crippen LogP contribution in [0.1, 0.15) is 19.4 Å². The lowest BCUT2D eigenvalue weighted by Crippen LogP contribution is -2.66. The van der Waals surface area contributed by atoms with Gasteiger partial charge in [0, 0.05) is 13.1 Å². The molecule has 2 heterocycles. The molecule has 0 radical (unpaired) electrons. The SMILES string of the molecule is COc1ccc(CC(=O)N2CC3(COC(C)(C)OC3)C2)cc1. The summed E-state index contributed by atoms with van der Waals surface area (Å²) in [5.74, 6) is 0.456. The Morgan fingerprint density at radius 2 is 1.77 bits per heavy atom. The number of nitrogens with zero attached hydrogens (tertiary/aromatic N) is 1. The van der Waals surface area contributed by atoms with Gasteiger partial charge in [0.15, 0.2) is 5.79 Å². The fourth-order valence-corrected chi connectivity index (χ4v) is 2.89. The molecule has 0 N–H and O–H groups in total. The van der Waals surface area contributed by atoms with Gasteiger partial charge in [-0.2, -0.15) is 0 Å². The number of likely N-dealkylation sites (tertiary alicyclic amines) is 1. The van der Waals surface area contributed by atoms with Crippen LogP contribution in [-0.4, -0.2) is 50.0 Å². The predicted molar refractivity (Wildman–Crippen MR) is 81.7 cm³/mol. The lowest BCUT2D eigenvalue weighted by Gasteiger charge is -2.54. The summed E-state index contributed by atoms with van der Waals surface area (Å²) < 4.78 is 16.6. The molecule has 2 aliphatic heterocycles. The van der Waals surface area contributed by atoms with Gasteiger partial charge in [0.1, 0.15) is 5.75 Å². The first-order chi connectivity index (χ1) is 10.4. The zero-order valence-electron chi connectivity index (χ0n) is 13.4. The Hall–Kier alpha value is -1.59. The summed E-state index contributed by atoms with van der Waals surface area (Å²) in [7, 11) is 1.63. The Bertz CT molecular complexity index is 534. The molecule has 5 heteroatoms. The van der Waals surface area contributed by atoms with Crippen LogP contribution in [0.2, 0.25) is 0 Å². The molecule has 3 rings (SSSR count). The Morgan fingerprint density at radius 3 is 2.32 bits per heavy atom. The van der Waals surface area contributed by atoms with E-state index in [2.05, 4.69) is 0 Å². The summed E-state index contributed by atoms with van der Waals surface area (Å²) in [5, 5.41) is 0. The highest BCUT2D eigenvalue weighted by atomic mass is 16.7. The Kier molecular flexibility index (Phi) is 3.87. The van der Waals surface area contributed by atoms with E-state index in [9.17, 15) is 4.79 Å². The van der Waals surface area contributed by atoms with Gasteiger partial charge in [-0.05, 0) is 31.5 Å². The zero-order chi connectivity index (χ0) is 15.8. The Balaban J connectivity index is 1.51. The molecule has 2 aliphatic rings. The van der Waals surface area contributed by atoms with Gasteiger partial charge in [0.05, 0.1) is 32.2 Å². The molecule has 0 saturated carbocycles. The van der Waals surface area contributed by atoms with Crippen LogP contribution >= 0.6 is 0 Å². The molecule has 0 aliphatic carbocycles. The third kappa shape index (κ3) is 3.10. The number of hydrogen-bond donors (Lipinski definition) is 0. The van der Waals surface area contributed by atoms with E-state index < -0.39 is 5.79 Å². The molecule has 22 heavy (non-hydrogen) atoms. The number of ether oxygens (including phenoxy) is 3. The van der Waals surface area contributed by atoms with E-state index in [1.54, 1.807) is 7.11 Å². The Morgan fingerprint density at radius 1 is 1.18 bits per heavy atom. The molecule has 1 aromatic rings. The Labute approximate surface area is 131 Å². The van der Waals surface area contributed by atoms with Crippen LogP contribution in [0.25, 0.3) is 0 Å². The average Bonchev–Trinajstić information content (AvgIpc) is 2.46. The van der Waals surface area contributed by atoms with Gasteiger partial charge in [-0.3, -0.25) is 4.79 Å². The maximum absolute atomic E-state index is 12.3. The van der Waals surface area contributed by atoms with Crippen molar-refractivity contribution >= 4 is 5.91 Å². The van der Waals surface area contributed by atoms with Gasteiger partial charge in [-0.15, -0.1) is 0 Å². The van der Waals surface area contributed by atoms with E-state index in [-0.39, 0.29) is 11.3 Å². The largest absolute Gasteiger partial charge is 0.497 e. The van der Waals surface area contributed by atoms with E-state index in [0.29, 0.717) is 19.6 Å². The second-order valence-corrected chi connectivity index (χ2v) is 6.75. The molecule has 0 aromatic heterocycles. The molecule has 1 spiro atoms. The van der Waals surface area contributed by atoms with Gasteiger partial charge in [-0.1, -0.05) is 12.1 Å². The number of carbonyl (C=O) groups excluding carboxylic acids is 1. The standard InChI is InChI=1S/C17H23NO4/c1-16(2)21-11-17(12-22-16)9-18(10-17)15(19)8-13-4-6-14(20-3)7-5-13/h4-7H,8-12H2,1-3H3. The van der Waals surface area contributed by atoms with Crippen molar-refractivity contribution in [1.82, 2.24) is 4.90 Å². The minimum absolute atomic E-state index is 0.00884. The van der Waals surface area contributed by atoms with Gasteiger partial charge < -0.3 is 19.1 Å². The van der Waals surface area contributed by atoms with E-state index in [1.165, 1.54) is 0 Å². The minimum atomic E-state index is -0.501. The fraction of sp³-hybridized carbons (Fsp3) is 0.588. The second-order valence-electron chi connectivity index (χ2n) is 6.75. The number of benzene rings is 1. The van der Waals surface area contributed by atoms with Crippen LogP contribution in [0.15, 0.2) is 24.3 Å². The number of rotatable bonds is 3. The third-order valence-electron chi connectivity index (χ3n) is 4.37. The molecule has 0 atom stereocenters. The maximum atomic E-state index is 12.3. The topological polar surface area (TPSA) is 48.0 Å². The molecule has 0 unspecified atom stereocenters. The third-order valence-corrected chi connectivity index (χ3v) is 4.37. The second kappa shape index (κ2) is 5.56. The molecule has 5 nitrogen and oxygen atoms in total. The van der Waals surface area contributed by atoms with Crippen LogP contribution in [-0.2, 0) is 20.7 Å². The summed E-state index contributed by atoms with van der Waals surface area (Å²) in [6.45, 7) is 6.60. The smallest absolute Gasteiger partial charge is 0.227 e. The van der Waals surface area contributed by atoms with E-state index in [1.807, 2.05) is 43.0 Å². The first kappa shape index (κ1) is 15.3.